The zero-order chi connectivity index (χ0) is 16.5. The second-order valence-electron chi connectivity index (χ2n) is 5.55. The number of nitrogens with one attached hydrogen (secondary N) is 2. The van der Waals surface area contributed by atoms with Gasteiger partial charge in [0.15, 0.2) is 5.13 Å². The van der Waals surface area contributed by atoms with Crippen LogP contribution in [0.25, 0.3) is 0 Å². The van der Waals surface area contributed by atoms with Crippen LogP contribution in [0.2, 0.25) is 0 Å². The fourth-order valence-electron chi connectivity index (χ4n) is 2.22. The van der Waals surface area contributed by atoms with E-state index in [1.54, 1.807) is 0 Å². The van der Waals surface area contributed by atoms with Gasteiger partial charge in [0.05, 0.1) is 12.1 Å². The molecule has 0 aliphatic carbocycles. The van der Waals surface area contributed by atoms with E-state index in [4.69, 9.17) is 0 Å². The Bertz CT molecular complexity index is 607. The molecule has 1 aromatic heterocycles. The molecule has 124 valence electrons. The van der Waals surface area contributed by atoms with Gasteiger partial charge in [-0.1, -0.05) is 38.8 Å². The maximum atomic E-state index is 11.8. The van der Waals surface area contributed by atoms with E-state index in [9.17, 15) is 4.79 Å². The minimum Gasteiger partial charge on any atom is -0.356 e. The van der Waals surface area contributed by atoms with Crippen LogP contribution < -0.4 is 10.6 Å². The molecule has 0 radical (unpaired) electrons. The Labute approximate surface area is 142 Å². The Morgan fingerprint density at radius 3 is 2.65 bits per heavy atom. The third-order valence-electron chi connectivity index (χ3n) is 3.61. The van der Waals surface area contributed by atoms with Crippen LogP contribution >= 0.6 is 11.3 Å². The topological polar surface area (TPSA) is 54.0 Å². The molecule has 0 aliphatic rings. The lowest BCUT2D eigenvalue weighted by atomic mass is 10.1. The highest BCUT2D eigenvalue weighted by Gasteiger charge is 2.07. The molecule has 1 heterocycles. The molecule has 0 bridgehead atoms. The van der Waals surface area contributed by atoms with Gasteiger partial charge in [-0.05, 0) is 30.5 Å². The first-order valence-corrected chi connectivity index (χ1v) is 9.16. The number of unbranched alkanes of at least 4 members (excludes halogenated alkanes) is 2. The molecule has 5 heteroatoms. The van der Waals surface area contributed by atoms with Crippen molar-refractivity contribution in [2.24, 2.45) is 0 Å². The van der Waals surface area contributed by atoms with Gasteiger partial charge in [0, 0.05) is 17.6 Å². The summed E-state index contributed by atoms with van der Waals surface area (Å²) in [7, 11) is 0. The van der Waals surface area contributed by atoms with Crippen molar-refractivity contribution in [3.8, 4) is 0 Å². The zero-order valence-corrected chi connectivity index (χ0v) is 14.7. The van der Waals surface area contributed by atoms with E-state index in [1.807, 2.05) is 5.38 Å². The summed E-state index contributed by atoms with van der Waals surface area (Å²) in [6.07, 6.45) is 4.74. The molecule has 0 aliphatic heterocycles. The van der Waals surface area contributed by atoms with E-state index in [2.05, 4.69) is 53.7 Å². The van der Waals surface area contributed by atoms with Gasteiger partial charge in [0.1, 0.15) is 0 Å². The van der Waals surface area contributed by atoms with Gasteiger partial charge < -0.3 is 10.6 Å². The predicted molar refractivity (Wildman–Crippen MR) is 97.5 cm³/mol. The lowest BCUT2D eigenvalue weighted by Crippen LogP contribution is -2.26. The average Bonchev–Trinajstić information content (AvgIpc) is 2.99. The number of carbonyl (C=O) groups excluding carboxylic acids is 1. The number of nitrogens with zero attached hydrogens (tertiary/aromatic N) is 1. The predicted octanol–water partition coefficient (Wildman–Crippen LogP) is 4.30. The number of rotatable bonds is 9. The molecule has 1 amide bonds. The smallest absolute Gasteiger partial charge is 0.226 e. The van der Waals surface area contributed by atoms with E-state index >= 15 is 0 Å². The fraction of sp³-hybridized carbons (Fsp3) is 0.444. The molecule has 2 aromatic rings. The van der Waals surface area contributed by atoms with Crippen LogP contribution in [-0.4, -0.2) is 17.4 Å². The number of benzene rings is 1. The lowest BCUT2D eigenvalue weighted by Gasteiger charge is -2.04. The van der Waals surface area contributed by atoms with Gasteiger partial charge in [0.2, 0.25) is 5.91 Å². The van der Waals surface area contributed by atoms with Crippen LogP contribution in [-0.2, 0) is 17.6 Å². The van der Waals surface area contributed by atoms with Gasteiger partial charge in [-0.2, -0.15) is 0 Å². The first kappa shape index (κ1) is 17.5. The largest absolute Gasteiger partial charge is 0.356 e. The Hall–Kier alpha value is -1.88. The van der Waals surface area contributed by atoms with Crippen LogP contribution in [0.3, 0.4) is 0 Å². The van der Waals surface area contributed by atoms with Gasteiger partial charge in [-0.3, -0.25) is 4.79 Å². The second-order valence-corrected chi connectivity index (χ2v) is 6.41. The highest BCUT2D eigenvalue weighted by Crippen LogP contribution is 2.21. The lowest BCUT2D eigenvalue weighted by molar-refractivity contribution is -0.120. The van der Waals surface area contributed by atoms with Crippen LogP contribution in [0.5, 0.6) is 0 Å². The summed E-state index contributed by atoms with van der Waals surface area (Å²) in [5, 5.41) is 8.99. The van der Waals surface area contributed by atoms with E-state index in [1.165, 1.54) is 16.9 Å². The van der Waals surface area contributed by atoms with Gasteiger partial charge in [0.25, 0.3) is 0 Å². The Balaban J connectivity index is 1.81. The first-order chi connectivity index (χ1) is 11.2. The van der Waals surface area contributed by atoms with Crippen LogP contribution in [0.15, 0.2) is 29.6 Å². The first-order valence-electron chi connectivity index (χ1n) is 8.28. The van der Waals surface area contributed by atoms with E-state index in [0.717, 1.165) is 48.7 Å². The molecule has 0 fully saturated rings. The van der Waals surface area contributed by atoms with E-state index in [-0.39, 0.29) is 5.91 Å². The summed E-state index contributed by atoms with van der Waals surface area (Å²) in [6.45, 7) is 5.05. The quantitative estimate of drug-likeness (QED) is 0.674. The third kappa shape index (κ3) is 6.02. The summed E-state index contributed by atoms with van der Waals surface area (Å²) in [6, 6.07) is 8.34. The normalized spacial score (nSPS) is 10.5. The number of aryl methyl sites for hydroxylation is 1. The molecule has 1 aromatic carbocycles. The standard InChI is InChI=1S/C18H25N3OS/c1-3-5-6-11-19-17(22)12-16-13-23-18(21-16)20-15-9-7-14(4-2)8-10-15/h7-10,13H,3-6,11-12H2,1-2H3,(H,19,22)(H,20,21). The fourth-order valence-corrected chi connectivity index (χ4v) is 2.95. The zero-order valence-electron chi connectivity index (χ0n) is 13.9. The second kappa shape index (κ2) is 9.30. The maximum absolute atomic E-state index is 11.8. The van der Waals surface area contributed by atoms with E-state index in [0.29, 0.717) is 6.42 Å². The number of carbonyl (C=O) groups is 1. The van der Waals surface area contributed by atoms with Gasteiger partial charge in [-0.15, -0.1) is 11.3 Å². The van der Waals surface area contributed by atoms with Gasteiger partial charge in [-0.25, -0.2) is 4.98 Å². The van der Waals surface area contributed by atoms with Crippen LogP contribution in [0.4, 0.5) is 10.8 Å². The SMILES string of the molecule is CCCCCNC(=O)Cc1csc(Nc2ccc(CC)cc2)n1. The molecule has 0 atom stereocenters. The third-order valence-corrected chi connectivity index (χ3v) is 4.42. The Morgan fingerprint density at radius 1 is 1.17 bits per heavy atom. The summed E-state index contributed by atoms with van der Waals surface area (Å²) in [5.74, 6) is 0.0465. The minimum atomic E-state index is 0.0465. The number of aromatic nitrogens is 1. The van der Waals surface area contributed by atoms with Crippen molar-refractivity contribution in [3.05, 3.63) is 40.9 Å². The Morgan fingerprint density at radius 2 is 1.96 bits per heavy atom. The van der Waals surface area contributed by atoms with Crippen LogP contribution in [0, 0.1) is 0 Å². The molecule has 0 spiro atoms. The summed E-state index contributed by atoms with van der Waals surface area (Å²) in [5.41, 5.74) is 3.15. The Kier molecular flexibility index (Phi) is 7.07. The van der Waals surface area contributed by atoms with Crippen molar-refractivity contribution in [1.29, 1.82) is 0 Å². The molecule has 2 N–H and O–H groups in total. The molecular formula is C18H25N3OS. The monoisotopic (exact) mass is 331 g/mol. The number of anilines is 2. The summed E-state index contributed by atoms with van der Waals surface area (Å²) in [4.78, 5) is 16.3. The molecule has 0 saturated heterocycles. The molecular weight excluding hydrogens is 306 g/mol. The molecule has 2 rings (SSSR count). The molecule has 0 unspecified atom stereocenters. The minimum absolute atomic E-state index is 0.0465. The van der Waals surface area contributed by atoms with E-state index < -0.39 is 0 Å². The van der Waals surface area contributed by atoms with Crippen molar-refractivity contribution in [1.82, 2.24) is 10.3 Å². The van der Waals surface area contributed by atoms with Crippen molar-refractivity contribution in [2.75, 3.05) is 11.9 Å². The summed E-state index contributed by atoms with van der Waals surface area (Å²) >= 11 is 1.53. The van der Waals surface area contributed by atoms with Crippen molar-refractivity contribution in [3.63, 3.8) is 0 Å². The number of amides is 1. The highest BCUT2D eigenvalue weighted by atomic mass is 32.1. The van der Waals surface area contributed by atoms with Crippen molar-refractivity contribution >= 4 is 28.1 Å². The number of hydrogen-bond acceptors (Lipinski definition) is 4. The molecule has 4 nitrogen and oxygen atoms in total. The number of hydrogen-bond donors (Lipinski definition) is 2. The molecule has 0 saturated carbocycles. The average molecular weight is 331 g/mol. The molecule has 23 heavy (non-hydrogen) atoms. The van der Waals surface area contributed by atoms with Crippen molar-refractivity contribution < 1.29 is 4.79 Å². The van der Waals surface area contributed by atoms with Crippen LogP contribution in [0.1, 0.15) is 44.4 Å². The summed E-state index contributed by atoms with van der Waals surface area (Å²) < 4.78 is 0. The van der Waals surface area contributed by atoms with Gasteiger partial charge >= 0.3 is 0 Å². The maximum Gasteiger partial charge on any atom is 0.226 e. The highest BCUT2D eigenvalue weighted by molar-refractivity contribution is 7.13. The number of thiazole rings is 1. The van der Waals surface area contributed by atoms with Crippen molar-refractivity contribution in [2.45, 2.75) is 46.0 Å².